The summed E-state index contributed by atoms with van der Waals surface area (Å²) in [5, 5.41) is 1.35. The summed E-state index contributed by atoms with van der Waals surface area (Å²) in [6.45, 7) is 6.79. The van der Waals surface area contributed by atoms with Crippen LogP contribution in [0.5, 0.6) is 0 Å². The molecule has 152 valence electrons. The first-order valence-corrected chi connectivity index (χ1v) is 11.1. The molecule has 1 aromatic heterocycles. The van der Waals surface area contributed by atoms with Gasteiger partial charge in [-0.2, -0.15) is 0 Å². The van der Waals surface area contributed by atoms with E-state index in [-0.39, 0.29) is 11.4 Å². The number of likely N-dealkylation sites (tertiary alicyclic amines) is 1. The molecule has 0 amide bonds. The van der Waals surface area contributed by atoms with Gasteiger partial charge >= 0.3 is 5.97 Å². The zero-order chi connectivity index (χ0) is 19.6. The number of H-pyrrole nitrogens is 1. The van der Waals surface area contributed by atoms with Crippen LogP contribution in [-0.2, 0) is 16.0 Å². The third kappa shape index (κ3) is 4.12. The average Bonchev–Trinajstić information content (AvgIpc) is 3.43. The van der Waals surface area contributed by atoms with Gasteiger partial charge in [0, 0.05) is 23.1 Å². The second kappa shape index (κ2) is 8.28. The highest BCUT2D eigenvalue weighted by Crippen LogP contribution is 2.46. The van der Waals surface area contributed by atoms with Gasteiger partial charge in [-0.15, -0.1) is 0 Å². The summed E-state index contributed by atoms with van der Waals surface area (Å²) in [5.74, 6) is 0.822. The van der Waals surface area contributed by atoms with Crippen LogP contribution in [0, 0.1) is 11.3 Å². The number of esters is 1. The number of aromatic nitrogens is 1. The van der Waals surface area contributed by atoms with E-state index in [1.165, 1.54) is 29.3 Å². The smallest absolute Gasteiger partial charge is 0.312 e. The third-order valence-electron chi connectivity index (χ3n) is 6.97. The summed E-state index contributed by atoms with van der Waals surface area (Å²) >= 11 is 0. The van der Waals surface area contributed by atoms with Gasteiger partial charge in [0.15, 0.2) is 0 Å². The first-order valence-electron chi connectivity index (χ1n) is 11.1. The zero-order valence-corrected chi connectivity index (χ0v) is 17.4. The fraction of sp³-hybridized carbons (Fsp3) is 0.625. The van der Waals surface area contributed by atoms with Crippen LogP contribution in [0.15, 0.2) is 30.5 Å². The number of hydrogen-bond acceptors (Lipinski definition) is 3. The van der Waals surface area contributed by atoms with Crippen LogP contribution in [0.1, 0.15) is 57.9 Å². The van der Waals surface area contributed by atoms with Crippen LogP contribution >= 0.6 is 0 Å². The highest BCUT2D eigenvalue weighted by molar-refractivity contribution is 5.83. The van der Waals surface area contributed by atoms with Crippen molar-refractivity contribution in [3.63, 3.8) is 0 Å². The summed E-state index contributed by atoms with van der Waals surface area (Å²) in [4.78, 5) is 18.7. The fourth-order valence-corrected chi connectivity index (χ4v) is 4.93. The summed E-state index contributed by atoms with van der Waals surface area (Å²) in [6.07, 6.45) is 9.96. The topological polar surface area (TPSA) is 45.3 Å². The van der Waals surface area contributed by atoms with Crippen molar-refractivity contribution in [1.82, 2.24) is 9.88 Å². The normalized spacial score (nSPS) is 20.9. The fourth-order valence-electron chi connectivity index (χ4n) is 4.93. The molecule has 4 heteroatoms. The van der Waals surface area contributed by atoms with Crippen molar-refractivity contribution >= 4 is 16.9 Å². The van der Waals surface area contributed by atoms with Gasteiger partial charge < -0.3 is 14.6 Å². The molecule has 2 aromatic rings. The SMILES string of the molecule is CCOC(=O)C1(CC2CC2)CCN(C(C)CCc2c[nH]c3ccccc23)CC1. The lowest BCUT2D eigenvalue weighted by molar-refractivity contribution is -0.160. The van der Waals surface area contributed by atoms with Crippen LogP contribution in [0.4, 0.5) is 0 Å². The van der Waals surface area contributed by atoms with Crippen molar-refractivity contribution < 1.29 is 9.53 Å². The Hall–Kier alpha value is -1.81. The first kappa shape index (κ1) is 19.5. The Morgan fingerprint density at radius 1 is 1.29 bits per heavy atom. The summed E-state index contributed by atoms with van der Waals surface area (Å²) in [6, 6.07) is 9.08. The van der Waals surface area contributed by atoms with E-state index in [4.69, 9.17) is 4.74 Å². The van der Waals surface area contributed by atoms with E-state index in [0.29, 0.717) is 12.6 Å². The quantitative estimate of drug-likeness (QED) is 0.658. The molecule has 4 nitrogen and oxygen atoms in total. The van der Waals surface area contributed by atoms with E-state index in [9.17, 15) is 4.79 Å². The van der Waals surface area contributed by atoms with Gasteiger partial charge in [-0.25, -0.2) is 0 Å². The molecule has 4 rings (SSSR count). The van der Waals surface area contributed by atoms with Gasteiger partial charge in [0.2, 0.25) is 0 Å². The number of nitrogens with zero attached hydrogens (tertiary/aromatic N) is 1. The molecule has 2 heterocycles. The Bertz CT molecular complexity index is 800. The van der Waals surface area contributed by atoms with Crippen molar-refractivity contribution in [2.45, 2.75) is 64.8 Å². The van der Waals surface area contributed by atoms with Crippen LogP contribution in [0.2, 0.25) is 0 Å². The van der Waals surface area contributed by atoms with E-state index in [2.05, 4.69) is 47.3 Å². The number of hydrogen-bond donors (Lipinski definition) is 1. The molecule has 0 bridgehead atoms. The number of aryl methyl sites for hydroxylation is 1. The number of aromatic amines is 1. The molecular formula is C24H34N2O2. The molecule has 1 aliphatic carbocycles. The number of fused-ring (bicyclic) bond motifs is 1. The maximum atomic E-state index is 12.7. The van der Waals surface area contributed by atoms with Crippen LogP contribution in [0.3, 0.4) is 0 Å². The summed E-state index contributed by atoms with van der Waals surface area (Å²) in [5.41, 5.74) is 2.42. The predicted molar refractivity (Wildman–Crippen MR) is 113 cm³/mol. The highest BCUT2D eigenvalue weighted by Gasteiger charge is 2.46. The number of ether oxygens (including phenoxy) is 1. The lowest BCUT2D eigenvalue weighted by Crippen LogP contribution is -2.48. The number of para-hydroxylation sites is 1. The molecule has 0 spiro atoms. The van der Waals surface area contributed by atoms with Gasteiger partial charge in [0.25, 0.3) is 0 Å². The molecule has 28 heavy (non-hydrogen) atoms. The molecule has 1 unspecified atom stereocenters. The second-order valence-electron chi connectivity index (χ2n) is 8.93. The number of carbonyl (C=O) groups excluding carboxylic acids is 1. The minimum atomic E-state index is -0.218. The van der Waals surface area contributed by atoms with Crippen LogP contribution < -0.4 is 0 Å². The largest absolute Gasteiger partial charge is 0.466 e. The zero-order valence-electron chi connectivity index (χ0n) is 17.4. The molecule has 1 saturated carbocycles. The van der Waals surface area contributed by atoms with Crippen LogP contribution in [-0.4, -0.2) is 41.6 Å². The lowest BCUT2D eigenvalue weighted by atomic mass is 9.74. The summed E-state index contributed by atoms with van der Waals surface area (Å²) in [7, 11) is 0. The first-order chi connectivity index (χ1) is 13.6. The van der Waals surface area contributed by atoms with Gasteiger partial charge in [-0.1, -0.05) is 31.0 Å². The van der Waals surface area contributed by atoms with E-state index < -0.39 is 0 Å². The van der Waals surface area contributed by atoms with E-state index in [1.54, 1.807) is 0 Å². The Morgan fingerprint density at radius 3 is 2.75 bits per heavy atom. The standard InChI is InChI=1S/C24H34N2O2/c1-3-28-23(27)24(16-19-9-10-19)12-14-26(15-13-24)18(2)8-11-20-17-25-22-7-5-4-6-21(20)22/h4-7,17-19,25H,3,8-16H2,1-2H3. The number of piperidine rings is 1. The van der Waals surface area contributed by atoms with Crippen LogP contribution in [0.25, 0.3) is 10.9 Å². The highest BCUT2D eigenvalue weighted by atomic mass is 16.5. The van der Waals surface area contributed by atoms with E-state index in [1.807, 2.05) is 6.92 Å². The molecule has 1 saturated heterocycles. The van der Waals surface area contributed by atoms with Crippen molar-refractivity contribution in [1.29, 1.82) is 0 Å². The third-order valence-corrected chi connectivity index (χ3v) is 6.97. The van der Waals surface area contributed by atoms with E-state index >= 15 is 0 Å². The van der Waals surface area contributed by atoms with Gasteiger partial charge in [-0.05, 0) is 76.6 Å². The maximum Gasteiger partial charge on any atom is 0.312 e. The Labute approximate surface area is 168 Å². The summed E-state index contributed by atoms with van der Waals surface area (Å²) < 4.78 is 5.49. The molecular weight excluding hydrogens is 348 g/mol. The Kier molecular flexibility index (Phi) is 5.77. The molecule has 1 atom stereocenters. The van der Waals surface area contributed by atoms with Crippen molar-refractivity contribution in [3.8, 4) is 0 Å². The second-order valence-corrected chi connectivity index (χ2v) is 8.93. The minimum absolute atomic E-state index is 0.0630. The van der Waals surface area contributed by atoms with Crippen molar-refractivity contribution in [2.75, 3.05) is 19.7 Å². The Morgan fingerprint density at radius 2 is 2.04 bits per heavy atom. The molecule has 2 aliphatic rings. The molecule has 2 fully saturated rings. The predicted octanol–water partition coefficient (Wildman–Crippen LogP) is 4.93. The number of carbonyl (C=O) groups is 1. The van der Waals surface area contributed by atoms with E-state index in [0.717, 1.165) is 51.1 Å². The molecule has 1 aromatic carbocycles. The monoisotopic (exact) mass is 382 g/mol. The maximum absolute atomic E-state index is 12.7. The molecule has 0 radical (unpaired) electrons. The van der Waals surface area contributed by atoms with Gasteiger partial charge in [0.05, 0.1) is 12.0 Å². The minimum Gasteiger partial charge on any atom is -0.466 e. The average molecular weight is 383 g/mol. The number of nitrogens with one attached hydrogen (secondary N) is 1. The molecule has 1 N–H and O–H groups in total. The Balaban J connectivity index is 1.33. The number of rotatable bonds is 8. The van der Waals surface area contributed by atoms with Gasteiger partial charge in [0.1, 0.15) is 0 Å². The lowest BCUT2D eigenvalue weighted by Gasteiger charge is -2.42. The van der Waals surface area contributed by atoms with Gasteiger partial charge in [-0.3, -0.25) is 4.79 Å². The number of benzene rings is 1. The molecule has 1 aliphatic heterocycles. The van der Waals surface area contributed by atoms with Crippen molar-refractivity contribution in [2.24, 2.45) is 11.3 Å². The van der Waals surface area contributed by atoms with Crippen molar-refractivity contribution in [3.05, 3.63) is 36.0 Å².